The second-order valence-electron chi connectivity index (χ2n) is 8.65. The Morgan fingerprint density at radius 1 is 1.35 bits per heavy atom. The van der Waals surface area contributed by atoms with Crippen LogP contribution in [0.25, 0.3) is 11.1 Å². The zero-order valence-electron chi connectivity index (χ0n) is 16.2. The second-order valence-corrected chi connectivity index (χ2v) is 8.65. The predicted molar refractivity (Wildman–Crippen MR) is 98.4 cm³/mol. The molecule has 0 radical (unpaired) electrons. The molecule has 1 unspecified atom stereocenters. The average molecular weight is 357 g/mol. The molecule has 3 heterocycles. The first kappa shape index (κ1) is 17.5. The van der Waals surface area contributed by atoms with Crippen LogP contribution in [0.1, 0.15) is 81.0 Å². The van der Waals surface area contributed by atoms with Crippen molar-refractivity contribution in [1.29, 1.82) is 0 Å². The lowest BCUT2D eigenvalue weighted by Gasteiger charge is -2.41. The number of amides is 1. The third kappa shape index (κ3) is 3.11. The predicted octanol–water partition coefficient (Wildman–Crippen LogP) is 3.86. The summed E-state index contributed by atoms with van der Waals surface area (Å²) < 4.78 is 11.5. The highest BCUT2D eigenvalue weighted by molar-refractivity contribution is 6.06. The van der Waals surface area contributed by atoms with Gasteiger partial charge in [-0.25, -0.2) is 4.98 Å². The summed E-state index contributed by atoms with van der Waals surface area (Å²) in [5.74, 6) is 0.627. The third-order valence-corrected chi connectivity index (χ3v) is 5.12. The van der Waals surface area contributed by atoms with Gasteiger partial charge in [-0.1, -0.05) is 19.0 Å². The summed E-state index contributed by atoms with van der Waals surface area (Å²) in [5.41, 5.74) is 2.56. The molecule has 0 N–H and O–H groups in total. The van der Waals surface area contributed by atoms with Crippen LogP contribution in [0.2, 0.25) is 0 Å². The van der Waals surface area contributed by atoms with Crippen molar-refractivity contribution < 1.29 is 14.1 Å². The van der Waals surface area contributed by atoms with Gasteiger partial charge in [-0.15, -0.1) is 0 Å². The highest BCUT2D eigenvalue weighted by Crippen LogP contribution is 2.41. The first-order valence-electron chi connectivity index (χ1n) is 9.52. The highest BCUT2D eigenvalue weighted by atomic mass is 16.5. The molecule has 1 saturated carbocycles. The van der Waals surface area contributed by atoms with Crippen LogP contribution < -0.4 is 0 Å². The van der Waals surface area contributed by atoms with Crippen molar-refractivity contribution in [1.82, 2.24) is 15.0 Å². The summed E-state index contributed by atoms with van der Waals surface area (Å²) in [5, 5.41) is 4.98. The van der Waals surface area contributed by atoms with Crippen LogP contribution in [0.3, 0.4) is 0 Å². The summed E-state index contributed by atoms with van der Waals surface area (Å²) in [4.78, 5) is 20.0. The van der Waals surface area contributed by atoms with E-state index < -0.39 is 0 Å². The molecule has 2 aliphatic rings. The summed E-state index contributed by atoms with van der Waals surface area (Å²) >= 11 is 0. The number of nitrogens with zero attached hydrogens (tertiary/aromatic N) is 3. The maximum Gasteiger partial charge on any atom is 0.259 e. The maximum atomic E-state index is 13.5. The number of rotatable bonds is 3. The Balaban J connectivity index is 1.80. The number of carbonyl (C=O) groups excluding carboxylic acids is 1. The number of hydrogen-bond acceptors (Lipinski definition) is 5. The van der Waals surface area contributed by atoms with E-state index in [0.29, 0.717) is 30.3 Å². The Labute approximate surface area is 153 Å². The van der Waals surface area contributed by atoms with Gasteiger partial charge < -0.3 is 14.2 Å². The molecule has 1 aliphatic heterocycles. The van der Waals surface area contributed by atoms with Gasteiger partial charge in [-0.2, -0.15) is 0 Å². The molecule has 0 aromatic carbocycles. The van der Waals surface area contributed by atoms with Gasteiger partial charge in [0, 0.05) is 24.7 Å². The molecule has 2 aromatic heterocycles. The van der Waals surface area contributed by atoms with E-state index in [4.69, 9.17) is 9.26 Å². The molecule has 1 amide bonds. The van der Waals surface area contributed by atoms with Crippen LogP contribution in [-0.2, 0) is 4.74 Å². The minimum Gasteiger partial charge on any atom is -0.369 e. The van der Waals surface area contributed by atoms with Crippen molar-refractivity contribution in [3.63, 3.8) is 0 Å². The van der Waals surface area contributed by atoms with Crippen molar-refractivity contribution >= 4 is 17.0 Å². The van der Waals surface area contributed by atoms with E-state index in [1.807, 2.05) is 31.7 Å². The van der Waals surface area contributed by atoms with Crippen LogP contribution >= 0.6 is 0 Å². The lowest BCUT2D eigenvalue weighted by Crippen LogP contribution is -2.53. The Hall–Kier alpha value is -1.95. The third-order valence-electron chi connectivity index (χ3n) is 5.12. The Kier molecular flexibility index (Phi) is 4.06. The molecule has 1 atom stereocenters. The molecule has 26 heavy (non-hydrogen) atoms. The number of pyridine rings is 1. The summed E-state index contributed by atoms with van der Waals surface area (Å²) in [6.45, 7) is 11.3. The quantitative estimate of drug-likeness (QED) is 0.834. The highest BCUT2D eigenvalue weighted by Gasteiger charge is 2.36. The zero-order chi connectivity index (χ0) is 18.6. The molecular weight excluding hydrogens is 330 g/mol. The Bertz CT molecular complexity index is 851. The molecule has 2 fully saturated rings. The lowest BCUT2D eigenvalue weighted by atomic mass is 9.99. The van der Waals surface area contributed by atoms with Crippen molar-refractivity contribution in [2.75, 3.05) is 13.1 Å². The Morgan fingerprint density at radius 2 is 2.08 bits per heavy atom. The number of aromatic nitrogens is 2. The van der Waals surface area contributed by atoms with Crippen LogP contribution in [0, 0.1) is 0 Å². The standard InChI is InChI=1S/C20H27N3O3/c1-11(2)17-16-14(8-15(13-6-7-13)21-18(16)26-22-17)19(24)23-9-12(3)25-20(4,5)10-23/h8,11-13H,6-7,9-10H2,1-5H3. The van der Waals surface area contributed by atoms with Gasteiger partial charge in [0.05, 0.1) is 28.3 Å². The normalized spacial score (nSPS) is 23.0. The first-order chi connectivity index (χ1) is 12.2. The van der Waals surface area contributed by atoms with Crippen molar-refractivity contribution in [3.8, 4) is 0 Å². The van der Waals surface area contributed by atoms with Gasteiger partial charge in [-0.05, 0) is 45.6 Å². The minimum atomic E-state index is -0.353. The van der Waals surface area contributed by atoms with Gasteiger partial charge >= 0.3 is 0 Å². The van der Waals surface area contributed by atoms with Crippen LogP contribution in [-0.4, -0.2) is 45.7 Å². The number of hydrogen-bond donors (Lipinski definition) is 0. The Morgan fingerprint density at radius 3 is 2.69 bits per heavy atom. The lowest BCUT2D eigenvalue weighted by molar-refractivity contribution is -0.118. The number of fused-ring (bicyclic) bond motifs is 1. The van der Waals surface area contributed by atoms with E-state index in [2.05, 4.69) is 24.0 Å². The molecule has 4 rings (SSSR count). The average Bonchev–Trinajstić information content (AvgIpc) is 3.30. The molecule has 2 aromatic rings. The maximum absolute atomic E-state index is 13.5. The summed E-state index contributed by atoms with van der Waals surface area (Å²) in [6.07, 6.45) is 2.26. The van der Waals surface area contributed by atoms with E-state index in [1.54, 1.807) is 0 Å². The fraction of sp³-hybridized carbons (Fsp3) is 0.650. The number of carbonyl (C=O) groups is 1. The van der Waals surface area contributed by atoms with E-state index in [-0.39, 0.29) is 23.5 Å². The fourth-order valence-corrected chi connectivity index (χ4v) is 3.92. The number of morpholine rings is 1. The van der Waals surface area contributed by atoms with Crippen molar-refractivity contribution in [2.24, 2.45) is 0 Å². The molecule has 0 bridgehead atoms. The minimum absolute atomic E-state index is 0.00924. The zero-order valence-corrected chi connectivity index (χ0v) is 16.2. The van der Waals surface area contributed by atoms with Gasteiger partial charge in [-0.3, -0.25) is 4.79 Å². The van der Waals surface area contributed by atoms with Crippen LogP contribution in [0.5, 0.6) is 0 Å². The van der Waals surface area contributed by atoms with Crippen molar-refractivity contribution in [2.45, 2.75) is 71.0 Å². The molecule has 1 aliphatic carbocycles. The van der Waals surface area contributed by atoms with E-state index in [1.165, 1.54) is 0 Å². The topological polar surface area (TPSA) is 68.5 Å². The molecule has 1 saturated heterocycles. The van der Waals surface area contributed by atoms with Gasteiger partial charge in [0.15, 0.2) is 0 Å². The molecule has 6 heteroatoms. The first-order valence-corrected chi connectivity index (χ1v) is 9.52. The van der Waals surface area contributed by atoms with Crippen LogP contribution in [0.4, 0.5) is 0 Å². The summed E-state index contributed by atoms with van der Waals surface area (Å²) in [7, 11) is 0. The molecular formula is C20H27N3O3. The largest absolute Gasteiger partial charge is 0.369 e. The monoisotopic (exact) mass is 357 g/mol. The van der Waals surface area contributed by atoms with E-state index >= 15 is 0 Å². The fourth-order valence-electron chi connectivity index (χ4n) is 3.92. The van der Waals surface area contributed by atoms with Crippen LogP contribution in [0.15, 0.2) is 10.6 Å². The van der Waals surface area contributed by atoms with E-state index in [0.717, 1.165) is 29.6 Å². The van der Waals surface area contributed by atoms with Gasteiger partial charge in [0.2, 0.25) is 0 Å². The summed E-state index contributed by atoms with van der Waals surface area (Å²) in [6, 6.07) is 1.97. The molecule has 0 spiro atoms. The molecule has 140 valence electrons. The second kappa shape index (κ2) is 6.05. The van der Waals surface area contributed by atoms with Gasteiger partial charge in [0.1, 0.15) is 0 Å². The smallest absolute Gasteiger partial charge is 0.259 e. The van der Waals surface area contributed by atoms with E-state index in [9.17, 15) is 4.79 Å². The SMILES string of the molecule is CC1CN(C(=O)c2cc(C3CC3)nc3onc(C(C)C)c23)CC(C)(C)O1. The van der Waals surface area contributed by atoms with Gasteiger partial charge in [0.25, 0.3) is 11.6 Å². The molecule has 6 nitrogen and oxygen atoms in total. The number of ether oxygens (including phenoxy) is 1. The van der Waals surface area contributed by atoms with Crippen molar-refractivity contribution in [3.05, 3.63) is 23.0 Å².